The minimum Gasteiger partial charge on any atom is -0.345 e. The maximum atomic E-state index is 11.1. The first-order chi connectivity index (χ1) is 9.70. The van der Waals surface area contributed by atoms with Crippen LogP contribution in [0.1, 0.15) is 35.8 Å². The predicted octanol–water partition coefficient (Wildman–Crippen LogP) is 3.56. The molecule has 3 aromatic rings. The zero-order valence-electron chi connectivity index (χ0n) is 11.4. The van der Waals surface area contributed by atoms with Crippen LogP contribution in [0.4, 0.5) is 0 Å². The van der Waals surface area contributed by atoms with Gasteiger partial charge in [0.1, 0.15) is 5.65 Å². The van der Waals surface area contributed by atoms with Crippen LogP contribution in [0.25, 0.3) is 22.4 Å². The molecule has 0 unspecified atom stereocenters. The fraction of sp³-hybridized carbons (Fsp3) is 0.188. The van der Waals surface area contributed by atoms with Crippen LogP contribution in [0, 0.1) is 0 Å². The third-order valence-corrected chi connectivity index (χ3v) is 3.30. The van der Waals surface area contributed by atoms with E-state index in [1.165, 1.54) is 0 Å². The molecule has 0 aliphatic rings. The fourth-order valence-electron chi connectivity index (χ4n) is 2.31. The molecule has 100 valence electrons. The Bertz CT molecular complexity index is 760. The Labute approximate surface area is 116 Å². The molecule has 0 bridgehead atoms. The van der Waals surface area contributed by atoms with Gasteiger partial charge in [0.05, 0.1) is 11.1 Å². The van der Waals surface area contributed by atoms with Crippen molar-refractivity contribution in [1.82, 2.24) is 15.0 Å². The Morgan fingerprint density at radius 2 is 1.90 bits per heavy atom. The van der Waals surface area contributed by atoms with E-state index in [4.69, 9.17) is 0 Å². The Hall–Kier alpha value is -2.49. The number of aromatic amines is 1. The first kappa shape index (κ1) is 12.5. The Kier molecular flexibility index (Phi) is 3.06. The topological polar surface area (TPSA) is 58.6 Å². The third-order valence-electron chi connectivity index (χ3n) is 3.30. The van der Waals surface area contributed by atoms with Gasteiger partial charge in [0.2, 0.25) is 0 Å². The summed E-state index contributed by atoms with van der Waals surface area (Å²) < 4.78 is 0. The average molecular weight is 265 g/mol. The number of aldehydes is 1. The number of nitrogens with one attached hydrogen (secondary N) is 1. The van der Waals surface area contributed by atoms with E-state index in [0.29, 0.717) is 17.0 Å². The highest BCUT2D eigenvalue weighted by Crippen LogP contribution is 2.27. The standard InChI is InChI=1S/C16H15N3O/c1-10(2)14-13-12(9-20)8-17-16(13)19-15(18-14)11-6-4-3-5-7-11/h3-10H,1-2H3,(H,17,18,19). The Morgan fingerprint density at radius 1 is 1.15 bits per heavy atom. The summed E-state index contributed by atoms with van der Waals surface area (Å²) in [6, 6.07) is 9.85. The van der Waals surface area contributed by atoms with E-state index in [0.717, 1.165) is 22.9 Å². The summed E-state index contributed by atoms with van der Waals surface area (Å²) in [6.07, 6.45) is 2.53. The predicted molar refractivity (Wildman–Crippen MR) is 78.8 cm³/mol. The summed E-state index contributed by atoms with van der Waals surface area (Å²) in [6.45, 7) is 4.14. The van der Waals surface area contributed by atoms with Crippen LogP contribution >= 0.6 is 0 Å². The number of hydrogen-bond donors (Lipinski definition) is 1. The first-order valence-electron chi connectivity index (χ1n) is 6.60. The van der Waals surface area contributed by atoms with E-state index < -0.39 is 0 Å². The van der Waals surface area contributed by atoms with Gasteiger partial charge in [0.25, 0.3) is 0 Å². The second-order valence-electron chi connectivity index (χ2n) is 5.04. The van der Waals surface area contributed by atoms with E-state index in [9.17, 15) is 4.79 Å². The summed E-state index contributed by atoms with van der Waals surface area (Å²) >= 11 is 0. The van der Waals surface area contributed by atoms with Crippen LogP contribution in [0.2, 0.25) is 0 Å². The van der Waals surface area contributed by atoms with Crippen molar-refractivity contribution in [2.24, 2.45) is 0 Å². The lowest BCUT2D eigenvalue weighted by molar-refractivity contribution is 0.112. The van der Waals surface area contributed by atoms with Gasteiger partial charge in [-0.1, -0.05) is 44.2 Å². The van der Waals surface area contributed by atoms with Gasteiger partial charge in [-0.3, -0.25) is 4.79 Å². The molecule has 0 saturated heterocycles. The summed E-state index contributed by atoms with van der Waals surface area (Å²) in [5.74, 6) is 0.901. The van der Waals surface area contributed by atoms with Crippen LogP contribution in [0.15, 0.2) is 36.5 Å². The zero-order valence-corrected chi connectivity index (χ0v) is 11.4. The maximum Gasteiger partial charge on any atom is 0.161 e. The largest absolute Gasteiger partial charge is 0.345 e. The second-order valence-corrected chi connectivity index (χ2v) is 5.04. The smallest absolute Gasteiger partial charge is 0.161 e. The van der Waals surface area contributed by atoms with Gasteiger partial charge in [-0.05, 0) is 5.92 Å². The van der Waals surface area contributed by atoms with Crippen LogP contribution in [0.5, 0.6) is 0 Å². The molecule has 3 rings (SSSR count). The minimum atomic E-state index is 0.220. The van der Waals surface area contributed by atoms with Crippen molar-refractivity contribution in [2.45, 2.75) is 19.8 Å². The quantitative estimate of drug-likeness (QED) is 0.736. The minimum absolute atomic E-state index is 0.220. The molecule has 1 aromatic carbocycles. The van der Waals surface area contributed by atoms with Gasteiger partial charge in [-0.15, -0.1) is 0 Å². The van der Waals surface area contributed by atoms with E-state index in [1.807, 2.05) is 30.3 Å². The summed E-state index contributed by atoms with van der Waals surface area (Å²) in [5.41, 5.74) is 3.20. The van der Waals surface area contributed by atoms with E-state index in [-0.39, 0.29) is 5.92 Å². The number of carbonyl (C=O) groups is 1. The molecule has 0 radical (unpaired) electrons. The van der Waals surface area contributed by atoms with Gasteiger partial charge >= 0.3 is 0 Å². The lowest BCUT2D eigenvalue weighted by atomic mass is 10.0. The molecule has 2 aromatic heterocycles. The molecule has 0 fully saturated rings. The molecule has 4 nitrogen and oxygen atoms in total. The number of rotatable bonds is 3. The normalized spacial score (nSPS) is 11.2. The molecular weight excluding hydrogens is 250 g/mol. The second kappa shape index (κ2) is 4.89. The molecular formula is C16H15N3O. The molecule has 0 aliphatic carbocycles. The van der Waals surface area contributed by atoms with E-state index >= 15 is 0 Å². The van der Waals surface area contributed by atoms with Gasteiger partial charge in [0, 0.05) is 17.3 Å². The van der Waals surface area contributed by atoms with Gasteiger partial charge in [0.15, 0.2) is 12.1 Å². The van der Waals surface area contributed by atoms with Gasteiger partial charge < -0.3 is 4.98 Å². The molecule has 0 aliphatic heterocycles. The highest BCUT2D eigenvalue weighted by atomic mass is 16.1. The molecule has 0 atom stereocenters. The number of nitrogens with zero attached hydrogens (tertiary/aromatic N) is 2. The Morgan fingerprint density at radius 3 is 2.55 bits per heavy atom. The number of hydrogen-bond acceptors (Lipinski definition) is 3. The van der Waals surface area contributed by atoms with Crippen molar-refractivity contribution in [3.8, 4) is 11.4 Å². The highest BCUT2D eigenvalue weighted by Gasteiger charge is 2.16. The van der Waals surface area contributed by atoms with Crippen molar-refractivity contribution >= 4 is 17.3 Å². The van der Waals surface area contributed by atoms with Crippen molar-refractivity contribution in [3.63, 3.8) is 0 Å². The zero-order chi connectivity index (χ0) is 14.1. The monoisotopic (exact) mass is 265 g/mol. The molecule has 0 spiro atoms. The summed E-state index contributed by atoms with van der Waals surface area (Å²) in [7, 11) is 0. The average Bonchev–Trinajstić information content (AvgIpc) is 2.90. The molecule has 4 heteroatoms. The molecule has 0 saturated carbocycles. The number of fused-ring (bicyclic) bond motifs is 1. The van der Waals surface area contributed by atoms with Crippen LogP contribution in [-0.2, 0) is 0 Å². The van der Waals surface area contributed by atoms with Crippen LogP contribution in [-0.4, -0.2) is 21.2 Å². The maximum absolute atomic E-state index is 11.1. The van der Waals surface area contributed by atoms with Crippen LogP contribution in [0.3, 0.4) is 0 Å². The number of H-pyrrole nitrogens is 1. The van der Waals surface area contributed by atoms with Crippen molar-refractivity contribution in [2.75, 3.05) is 0 Å². The van der Waals surface area contributed by atoms with Crippen molar-refractivity contribution in [3.05, 3.63) is 47.8 Å². The summed E-state index contributed by atoms with van der Waals surface area (Å²) in [5, 5.41) is 0.828. The van der Waals surface area contributed by atoms with Crippen molar-refractivity contribution < 1.29 is 4.79 Å². The van der Waals surface area contributed by atoms with Crippen molar-refractivity contribution in [1.29, 1.82) is 0 Å². The molecule has 2 heterocycles. The molecule has 0 amide bonds. The highest BCUT2D eigenvalue weighted by molar-refractivity contribution is 5.97. The number of benzene rings is 1. The third kappa shape index (κ3) is 1.99. The molecule has 1 N–H and O–H groups in total. The lowest BCUT2D eigenvalue weighted by Gasteiger charge is -2.09. The van der Waals surface area contributed by atoms with Gasteiger partial charge in [-0.2, -0.15) is 0 Å². The first-order valence-corrected chi connectivity index (χ1v) is 6.60. The lowest BCUT2D eigenvalue weighted by Crippen LogP contribution is -2.00. The fourth-order valence-corrected chi connectivity index (χ4v) is 2.31. The van der Waals surface area contributed by atoms with Gasteiger partial charge in [-0.25, -0.2) is 9.97 Å². The number of carbonyl (C=O) groups excluding carboxylic acids is 1. The van der Waals surface area contributed by atoms with Crippen LogP contribution < -0.4 is 0 Å². The SMILES string of the molecule is CC(C)c1nc(-c2ccccc2)nc2[nH]cc(C=O)c12. The van der Waals surface area contributed by atoms with E-state index in [2.05, 4.69) is 28.8 Å². The molecule has 20 heavy (non-hydrogen) atoms. The Balaban J connectivity index is 2.30. The summed E-state index contributed by atoms with van der Waals surface area (Å²) in [4.78, 5) is 23.4. The number of aromatic nitrogens is 3. The van der Waals surface area contributed by atoms with E-state index in [1.54, 1.807) is 6.20 Å².